The van der Waals surface area contributed by atoms with Crippen LogP contribution in [0.4, 0.5) is 0 Å². The van der Waals surface area contributed by atoms with Gasteiger partial charge in [0.1, 0.15) is 0 Å². The highest BCUT2D eigenvalue weighted by molar-refractivity contribution is 5.93. The standard InChI is InChI=1S/C7H11NO.C2H6/c1-6-4-3-5-8(2)7(6)9;1-2/h4H,3,5H2,1-2H3;1-2H3. The fourth-order valence-corrected chi connectivity index (χ4v) is 0.965. The van der Waals surface area contributed by atoms with Crippen LogP contribution in [0.1, 0.15) is 27.2 Å². The fraction of sp³-hybridized carbons (Fsp3) is 0.667. The number of amides is 1. The highest BCUT2D eigenvalue weighted by Gasteiger charge is 2.13. The molecule has 0 aromatic heterocycles. The second kappa shape index (κ2) is 4.94. The molecule has 0 aromatic carbocycles. The summed E-state index contributed by atoms with van der Waals surface area (Å²) in [5.41, 5.74) is 0.878. The number of hydrogen-bond donors (Lipinski definition) is 0. The van der Waals surface area contributed by atoms with E-state index in [0.29, 0.717) is 0 Å². The monoisotopic (exact) mass is 155 g/mol. The summed E-state index contributed by atoms with van der Waals surface area (Å²) >= 11 is 0. The van der Waals surface area contributed by atoms with Crippen molar-refractivity contribution in [3.8, 4) is 0 Å². The van der Waals surface area contributed by atoms with Crippen LogP contribution in [0, 0.1) is 0 Å². The summed E-state index contributed by atoms with van der Waals surface area (Å²) in [7, 11) is 1.83. The van der Waals surface area contributed by atoms with Gasteiger partial charge in [0.2, 0.25) is 5.91 Å². The zero-order chi connectivity index (χ0) is 8.85. The molecule has 0 aromatic rings. The van der Waals surface area contributed by atoms with E-state index in [0.717, 1.165) is 18.5 Å². The van der Waals surface area contributed by atoms with Crippen LogP contribution in [0.2, 0.25) is 0 Å². The van der Waals surface area contributed by atoms with Crippen molar-refractivity contribution in [2.45, 2.75) is 27.2 Å². The average Bonchev–Trinajstić information content (AvgIpc) is 2.04. The Bertz CT molecular complexity index is 161. The van der Waals surface area contributed by atoms with Crippen LogP contribution >= 0.6 is 0 Å². The van der Waals surface area contributed by atoms with Gasteiger partial charge in [-0.15, -0.1) is 0 Å². The summed E-state index contributed by atoms with van der Waals surface area (Å²) in [6.07, 6.45) is 3.00. The molecule has 64 valence electrons. The maximum absolute atomic E-state index is 11.0. The first-order valence-corrected chi connectivity index (χ1v) is 4.14. The Balaban J connectivity index is 0.000000461. The molecule has 11 heavy (non-hydrogen) atoms. The van der Waals surface area contributed by atoms with Gasteiger partial charge in [-0.3, -0.25) is 4.79 Å². The van der Waals surface area contributed by atoms with Crippen molar-refractivity contribution in [1.29, 1.82) is 0 Å². The Hall–Kier alpha value is -0.790. The lowest BCUT2D eigenvalue weighted by Gasteiger charge is -2.20. The minimum atomic E-state index is 0.168. The third-order valence-electron chi connectivity index (χ3n) is 1.60. The van der Waals surface area contributed by atoms with Crippen LogP contribution in [0.5, 0.6) is 0 Å². The maximum atomic E-state index is 11.0. The van der Waals surface area contributed by atoms with Gasteiger partial charge >= 0.3 is 0 Å². The van der Waals surface area contributed by atoms with E-state index in [1.54, 1.807) is 4.90 Å². The molecule has 1 rings (SSSR count). The smallest absolute Gasteiger partial charge is 0.248 e. The summed E-state index contributed by atoms with van der Waals surface area (Å²) in [6, 6.07) is 0. The minimum absolute atomic E-state index is 0.168. The van der Waals surface area contributed by atoms with E-state index in [2.05, 4.69) is 0 Å². The van der Waals surface area contributed by atoms with Crippen molar-refractivity contribution in [3.05, 3.63) is 11.6 Å². The van der Waals surface area contributed by atoms with Crippen LogP contribution in [0.15, 0.2) is 11.6 Å². The van der Waals surface area contributed by atoms with Crippen molar-refractivity contribution in [2.75, 3.05) is 13.6 Å². The summed E-state index contributed by atoms with van der Waals surface area (Å²) in [5.74, 6) is 0.168. The van der Waals surface area contributed by atoms with Crippen LogP contribution in [-0.2, 0) is 4.79 Å². The first-order chi connectivity index (χ1) is 5.22. The van der Waals surface area contributed by atoms with Crippen molar-refractivity contribution >= 4 is 5.91 Å². The summed E-state index contributed by atoms with van der Waals surface area (Å²) < 4.78 is 0. The topological polar surface area (TPSA) is 20.3 Å². The second-order valence-corrected chi connectivity index (χ2v) is 2.40. The van der Waals surface area contributed by atoms with Gasteiger partial charge in [-0.25, -0.2) is 0 Å². The Morgan fingerprint density at radius 3 is 2.36 bits per heavy atom. The van der Waals surface area contributed by atoms with Crippen LogP contribution < -0.4 is 0 Å². The van der Waals surface area contributed by atoms with E-state index in [9.17, 15) is 4.79 Å². The third kappa shape index (κ3) is 2.74. The number of carbonyl (C=O) groups excluding carboxylic acids is 1. The van der Waals surface area contributed by atoms with Crippen molar-refractivity contribution in [3.63, 3.8) is 0 Å². The van der Waals surface area contributed by atoms with Crippen molar-refractivity contribution < 1.29 is 4.79 Å². The summed E-state index contributed by atoms with van der Waals surface area (Å²) in [4.78, 5) is 12.7. The van der Waals surface area contributed by atoms with E-state index in [4.69, 9.17) is 0 Å². The van der Waals surface area contributed by atoms with Gasteiger partial charge in [-0.2, -0.15) is 0 Å². The van der Waals surface area contributed by atoms with E-state index < -0.39 is 0 Å². The molecule has 0 bridgehead atoms. The molecule has 2 nitrogen and oxygen atoms in total. The Kier molecular flexibility index (Phi) is 4.59. The molecular weight excluding hydrogens is 138 g/mol. The molecule has 0 saturated carbocycles. The molecule has 1 aliphatic rings. The first-order valence-electron chi connectivity index (χ1n) is 4.14. The molecule has 0 spiro atoms. The van der Waals surface area contributed by atoms with Crippen LogP contribution in [0.3, 0.4) is 0 Å². The zero-order valence-corrected chi connectivity index (χ0v) is 7.85. The molecule has 0 N–H and O–H groups in total. The van der Waals surface area contributed by atoms with E-state index in [-0.39, 0.29) is 5.91 Å². The Morgan fingerprint density at radius 1 is 1.45 bits per heavy atom. The lowest BCUT2D eigenvalue weighted by atomic mass is 10.1. The predicted molar refractivity (Wildman–Crippen MR) is 47.4 cm³/mol. The molecule has 0 aliphatic carbocycles. The maximum Gasteiger partial charge on any atom is 0.248 e. The number of rotatable bonds is 0. The molecule has 1 aliphatic heterocycles. The third-order valence-corrected chi connectivity index (χ3v) is 1.60. The molecule has 2 heteroatoms. The summed E-state index contributed by atoms with van der Waals surface area (Å²) in [6.45, 7) is 6.73. The normalized spacial score (nSPS) is 16.9. The van der Waals surface area contributed by atoms with Gasteiger partial charge in [-0.1, -0.05) is 19.9 Å². The number of nitrogens with zero attached hydrogens (tertiary/aromatic N) is 1. The molecule has 0 fully saturated rings. The lowest BCUT2D eigenvalue weighted by molar-refractivity contribution is -0.126. The number of hydrogen-bond acceptors (Lipinski definition) is 1. The Morgan fingerprint density at radius 2 is 2.00 bits per heavy atom. The van der Waals surface area contributed by atoms with Gasteiger partial charge < -0.3 is 4.90 Å². The highest BCUT2D eigenvalue weighted by atomic mass is 16.2. The molecule has 1 amide bonds. The van der Waals surface area contributed by atoms with Gasteiger partial charge in [0, 0.05) is 19.2 Å². The van der Waals surface area contributed by atoms with Gasteiger partial charge in [0.25, 0.3) is 0 Å². The predicted octanol–water partition coefficient (Wildman–Crippen LogP) is 1.82. The molecule has 0 radical (unpaired) electrons. The molecular formula is C9H17NO. The van der Waals surface area contributed by atoms with Gasteiger partial charge in [0.15, 0.2) is 0 Å². The van der Waals surface area contributed by atoms with E-state index in [1.165, 1.54) is 0 Å². The first kappa shape index (κ1) is 10.2. The lowest BCUT2D eigenvalue weighted by Crippen LogP contribution is -2.30. The summed E-state index contributed by atoms with van der Waals surface area (Å²) in [5, 5.41) is 0. The molecule has 0 saturated heterocycles. The number of likely N-dealkylation sites (N-methyl/N-ethyl adjacent to an activating group) is 1. The molecule has 0 atom stereocenters. The highest BCUT2D eigenvalue weighted by Crippen LogP contribution is 2.07. The minimum Gasteiger partial charge on any atom is -0.342 e. The molecule has 0 unspecified atom stereocenters. The number of carbonyl (C=O) groups is 1. The van der Waals surface area contributed by atoms with Gasteiger partial charge in [0.05, 0.1) is 0 Å². The second-order valence-electron chi connectivity index (χ2n) is 2.40. The van der Waals surface area contributed by atoms with Crippen molar-refractivity contribution in [2.24, 2.45) is 0 Å². The van der Waals surface area contributed by atoms with E-state index in [1.807, 2.05) is 33.9 Å². The fourth-order valence-electron chi connectivity index (χ4n) is 0.965. The van der Waals surface area contributed by atoms with Crippen LogP contribution in [-0.4, -0.2) is 24.4 Å². The largest absolute Gasteiger partial charge is 0.342 e. The average molecular weight is 155 g/mol. The Labute approximate surface area is 68.9 Å². The zero-order valence-electron chi connectivity index (χ0n) is 7.85. The van der Waals surface area contributed by atoms with E-state index >= 15 is 0 Å². The van der Waals surface area contributed by atoms with Gasteiger partial charge in [-0.05, 0) is 13.3 Å². The van der Waals surface area contributed by atoms with Crippen molar-refractivity contribution in [1.82, 2.24) is 4.90 Å². The van der Waals surface area contributed by atoms with Crippen LogP contribution in [0.25, 0.3) is 0 Å². The quantitative estimate of drug-likeness (QED) is 0.522. The SMILES string of the molecule is CC.CC1=CCCN(C)C1=O. The molecule has 1 heterocycles.